The fourth-order valence-corrected chi connectivity index (χ4v) is 4.00. The van der Waals surface area contributed by atoms with Crippen LogP contribution in [0.1, 0.15) is 28.1 Å². The maximum absolute atomic E-state index is 14.1. The molecule has 0 bridgehead atoms. The quantitative estimate of drug-likeness (QED) is 0.202. The highest BCUT2D eigenvalue weighted by molar-refractivity contribution is 5.71. The molecule has 0 aliphatic heterocycles. The van der Waals surface area contributed by atoms with E-state index in [2.05, 4.69) is 31.8 Å². The summed E-state index contributed by atoms with van der Waals surface area (Å²) in [6.07, 6.45) is -4.77. The van der Waals surface area contributed by atoms with E-state index in [1.54, 1.807) is 67.6 Å². The van der Waals surface area contributed by atoms with Gasteiger partial charge in [0, 0.05) is 16.8 Å². The van der Waals surface area contributed by atoms with E-state index in [1.807, 2.05) is 0 Å². The Bertz CT molecular complexity index is 1840. The monoisotopic (exact) mass is 556 g/mol. The van der Waals surface area contributed by atoms with Crippen molar-refractivity contribution in [2.24, 2.45) is 0 Å². The highest BCUT2D eigenvalue weighted by atomic mass is 19.4. The third kappa shape index (κ3) is 6.47. The first kappa shape index (κ1) is 27.3. The van der Waals surface area contributed by atoms with Crippen LogP contribution in [0.4, 0.5) is 17.6 Å². The Hall–Kier alpha value is -5.30. The predicted octanol–water partition coefficient (Wildman–Crippen LogP) is 6.34. The first-order valence-electron chi connectivity index (χ1n) is 12.3. The molecule has 0 aliphatic carbocycles. The summed E-state index contributed by atoms with van der Waals surface area (Å²) in [6, 6.07) is 21.2. The summed E-state index contributed by atoms with van der Waals surface area (Å²) in [7, 11) is 0. The molecule has 0 atom stereocenters. The first-order chi connectivity index (χ1) is 19.7. The molecule has 41 heavy (non-hydrogen) atoms. The molecule has 3 aromatic carbocycles. The van der Waals surface area contributed by atoms with Crippen LogP contribution in [0.25, 0.3) is 22.8 Å². The maximum Gasteiger partial charge on any atom is 0.417 e. The molecule has 2 heterocycles. The lowest BCUT2D eigenvalue weighted by Crippen LogP contribution is -2.17. The van der Waals surface area contributed by atoms with Gasteiger partial charge >= 0.3 is 11.9 Å². The lowest BCUT2D eigenvalue weighted by molar-refractivity contribution is -0.137. The summed E-state index contributed by atoms with van der Waals surface area (Å²) in [5.74, 6) is 4.55. The lowest BCUT2D eigenvalue weighted by atomic mass is 10.0. The van der Waals surface area contributed by atoms with E-state index in [9.17, 15) is 22.4 Å². The summed E-state index contributed by atoms with van der Waals surface area (Å²) >= 11 is 0. The Kier molecular flexibility index (Phi) is 7.61. The molecule has 0 unspecified atom stereocenters. The smallest absolute Gasteiger partial charge is 0.417 e. The Morgan fingerprint density at radius 3 is 2.34 bits per heavy atom. The second-order valence-electron chi connectivity index (χ2n) is 8.87. The second kappa shape index (κ2) is 11.4. The molecule has 6 nitrogen and oxygen atoms in total. The largest absolute Gasteiger partial charge is 0.487 e. The minimum atomic E-state index is -4.77. The molecule has 5 rings (SSSR count). The number of halogens is 4. The van der Waals surface area contributed by atoms with Gasteiger partial charge in [-0.3, -0.25) is 9.97 Å². The average Bonchev–Trinajstić information content (AvgIpc) is 2.95. The van der Waals surface area contributed by atoms with E-state index in [1.165, 1.54) is 18.2 Å². The minimum absolute atomic E-state index is 0.0966. The average molecular weight is 557 g/mol. The molecule has 2 aromatic heterocycles. The van der Waals surface area contributed by atoms with E-state index in [4.69, 9.17) is 4.74 Å². The molecule has 204 valence electrons. The number of ether oxygens (including phenoxy) is 1. The van der Waals surface area contributed by atoms with Crippen LogP contribution in [-0.4, -0.2) is 19.9 Å². The standard InChI is InChI=1S/C31H20F4N4O2/c1-19-6-4-8-23(36-19)18-41-26-11-5-9-24(31(33,34)35)27(26)29-37-28(38-30(40)39-29)22-16-13-20(14-17-22)12-15-21-7-2-3-10-25(21)32/h2-11,13-14,16-17H,18H2,1H3,(H,37,38,39,40). The lowest BCUT2D eigenvalue weighted by Gasteiger charge is -2.17. The van der Waals surface area contributed by atoms with E-state index in [0.29, 0.717) is 16.8 Å². The van der Waals surface area contributed by atoms with Crippen LogP contribution in [0.15, 0.2) is 89.7 Å². The third-order valence-corrected chi connectivity index (χ3v) is 5.90. The number of aromatic amines is 1. The van der Waals surface area contributed by atoms with Crippen molar-refractivity contribution in [3.63, 3.8) is 0 Å². The zero-order valence-corrected chi connectivity index (χ0v) is 21.5. The van der Waals surface area contributed by atoms with E-state index >= 15 is 0 Å². The van der Waals surface area contributed by atoms with Crippen molar-refractivity contribution in [2.75, 3.05) is 0 Å². The molecule has 0 spiro atoms. The number of H-pyrrole nitrogens is 1. The molecule has 10 heteroatoms. The van der Waals surface area contributed by atoms with Crippen molar-refractivity contribution in [2.45, 2.75) is 19.7 Å². The molecule has 0 amide bonds. The molecule has 0 saturated carbocycles. The molecule has 5 aromatic rings. The topological polar surface area (TPSA) is 80.8 Å². The molecular weight excluding hydrogens is 536 g/mol. The number of benzene rings is 3. The van der Waals surface area contributed by atoms with E-state index in [0.717, 1.165) is 11.8 Å². The number of aromatic nitrogens is 4. The van der Waals surface area contributed by atoms with Crippen LogP contribution in [0.2, 0.25) is 0 Å². The number of aryl methyl sites for hydroxylation is 1. The number of alkyl halides is 3. The SMILES string of the molecule is Cc1cccc(COc2cccc(C(F)(F)F)c2-c2nc(-c3ccc(C#Cc4ccccc4F)cc3)nc(=O)[nH]2)n1. The zero-order chi connectivity index (χ0) is 29.0. The Labute approximate surface area is 231 Å². The van der Waals surface area contributed by atoms with Gasteiger partial charge in [-0.15, -0.1) is 0 Å². The summed E-state index contributed by atoms with van der Waals surface area (Å²) in [6.45, 7) is 1.68. The summed E-state index contributed by atoms with van der Waals surface area (Å²) in [4.78, 5) is 27.3. The van der Waals surface area contributed by atoms with Gasteiger partial charge in [0.2, 0.25) is 0 Å². The Morgan fingerprint density at radius 2 is 1.61 bits per heavy atom. The number of nitrogens with one attached hydrogen (secondary N) is 1. The van der Waals surface area contributed by atoms with Gasteiger partial charge in [0.05, 0.1) is 22.4 Å². The number of hydrogen-bond donors (Lipinski definition) is 1. The molecule has 1 N–H and O–H groups in total. The van der Waals surface area contributed by atoms with Gasteiger partial charge in [0.1, 0.15) is 24.0 Å². The second-order valence-corrected chi connectivity index (χ2v) is 8.87. The van der Waals surface area contributed by atoms with Gasteiger partial charge in [0.15, 0.2) is 5.82 Å². The molecule has 0 saturated heterocycles. The summed E-state index contributed by atoms with van der Waals surface area (Å²) in [5, 5.41) is 0. The number of nitrogens with zero attached hydrogens (tertiary/aromatic N) is 3. The molecular formula is C31H20F4N4O2. The van der Waals surface area contributed by atoms with Gasteiger partial charge < -0.3 is 4.74 Å². The zero-order valence-electron chi connectivity index (χ0n) is 21.5. The van der Waals surface area contributed by atoms with Gasteiger partial charge in [-0.1, -0.05) is 36.1 Å². The van der Waals surface area contributed by atoms with Crippen LogP contribution in [0, 0.1) is 24.6 Å². The first-order valence-corrected chi connectivity index (χ1v) is 12.3. The van der Waals surface area contributed by atoms with Crippen LogP contribution in [0.3, 0.4) is 0 Å². The van der Waals surface area contributed by atoms with Crippen molar-refractivity contribution in [3.8, 4) is 40.4 Å². The third-order valence-electron chi connectivity index (χ3n) is 5.90. The predicted molar refractivity (Wildman–Crippen MR) is 144 cm³/mol. The fourth-order valence-electron chi connectivity index (χ4n) is 4.00. The Balaban J connectivity index is 1.51. The molecule has 0 fully saturated rings. The van der Waals surface area contributed by atoms with Gasteiger partial charge in [-0.2, -0.15) is 18.2 Å². The Morgan fingerprint density at radius 1 is 0.854 bits per heavy atom. The van der Waals surface area contributed by atoms with E-state index in [-0.39, 0.29) is 29.6 Å². The number of rotatable bonds is 5. The van der Waals surface area contributed by atoms with Crippen molar-refractivity contribution in [1.82, 2.24) is 19.9 Å². The van der Waals surface area contributed by atoms with Gasteiger partial charge in [-0.25, -0.2) is 14.2 Å². The maximum atomic E-state index is 14.1. The van der Waals surface area contributed by atoms with Gasteiger partial charge in [0.25, 0.3) is 0 Å². The van der Waals surface area contributed by atoms with Crippen LogP contribution < -0.4 is 10.4 Å². The van der Waals surface area contributed by atoms with Crippen LogP contribution in [0.5, 0.6) is 5.75 Å². The normalized spacial score (nSPS) is 11.0. The van der Waals surface area contributed by atoms with Crippen molar-refractivity contribution >= 4 is 0 Å². The summed E-state index contributed by atoms with van der Waals surface area (Å²) in [5.41, 5.74) is 0.0323. The molecule has 0 radical (unpaired) electrons. The van der Waals surface area contributed by atoms with Crippen LogP contribution in [-0.2, 0) is 12.8 Å². The van der Waals surface area contributed by atoms with Crippen molar-refractivity contribution in [3.05, 3.63) is 129 Å². The minimum Gasteiger partial charge on any atom is -0.487 e. The number of hydrogen-bond acceptors (Lipinski definition) is 5. The van der Waals surface area contributed by atoms with Crippen LogP contribution >= 0.6 is 0 Å². The van der Waals surface area contributed by atoms with E-state index < -0.39 is 28.8 Å². The van der Waals surface area contributed by atoms with Gasteiger partial charge in [-0.05, 0) is 67.6 Å². The highest BCUT2D eigenvalue weighted by Crippen LogP contribution is 2.41. The molecule has 0 aliphatic rings. The van der Waals surface area contributed by atoms with Crippen molar-refractivity contribution < 1.29 is 22.3 Å². The highest BCUT2D eigenvalue weighted by Gasteiger charge is 2.36. The van der Waals surface area contributed by atoms with Crippen molar-refractivity contribution in [1.29, 1.82) is 0 Å². The number of pyridine rings is 1. The fraction of sp³-hybridized carbons (Fsp3) is 0.0968. The summed E-state index contributed by atoms with van der Waals surface area (Å²) < 4.78 is 61.8.